The second-order valence-electron chi connectivity index (χ2n) is 6.03. The number of nitrogens with zero attached hydrogens (tertiary/aromatic N) is 1. The molecule has 0 spiro atoms. The van der Waals surface area contributed by atoms with Gasteiger partial charge in [-0.15, -0.1) is 0 Å². The van der Waals surface area contributed by atoms with E-state index < -0.39 is 11.6 Å². The first-order valence-electron chi connectivity index (χ1n) is 7.00. The molecule has 0 radical (unpaired) electrons. The molecule has 4 heteroatoms. The minimum atomic E-state index is -0.788. The third-order valence-corrected chi connectivity index (χ3v) is 2.85. The summed E-state index contributed by atoms with van der Waals surface area (Å²) in [4.78, 5) is 14.2. The van der Waals surface area contributed by atoms with Gasteiger partial charge in [0, 0.05) is 19.2 Å². The van der Waals surface area contributed by atoms with Gasteiger partial charge in [0.25, 0.3) is 0 Å². The summed E-state index contributed by atoms with van der Waals surface area (Å²) in [6, 6.07) is 3.09. The van der Waals surface area contributed by atoms with E-state index in [0.717, 1.165) is 25.2 Å². The van der Waals surface area contributed by atoms with E-state index in [1.807, 2.05) is 4.90 Å². The fraction of sp³-hybridized carbons (Fsp3) is 0.562. The number of carbonyl (C=O) groups is 1. The van der Waals surface area contributed by atoms with Gasteiger partial charge >= 0.3 is 0 Å². The maximum atomic E-state index is 13.6. The van der Waals surface area contributed by atoms with Crippen LogP contribution in [0.2, 0.25) is 0 Å². The molecule has 0 amide bonds. The van der Waals surface area contributed by atoms with Crippen LogP contribution in [0.15, 0.2) is 18.2 Å². The number of carbonyl (C=O) groups excluding carboxylic acids is 1. The van der Waals surface area contributed by atoms with Crippen LogP contribution >= 0.6 is 0 Å². The Kier molecular flexibility index (Phi) is 6.27. The highest BCUT2D eigenvalue weighted by Crippen LogP contribution is 2.12. The summed E-state index contributed by atoms with van der Waals surface area (Å²) < 4.78 is 26.5. The predicted molar refractivity (Wildman–Crippen MR) is 76.8 cm³/mol. The Balaban J connectivity index is 2.78. The van der Waals surface area contributed by atoms with Gasteiger partial charge in [0.2, 0.25) is 0 Å². The Morgan fingerprint density at radius 2 is 1.65 bits per heavy atom. The van der Waals surface area contributed by atoms with E-state index in [1.165, 1.54) is 6.07 Å². The molecular formula is C16H23F2NO. The maximum Gasteiger partial charge on any atom is 0.179 e. The average molecular weight is 283 g/mol. The van der Waals surface area contributed by atoms with E-state index in [-0.39, 0.29) is 17.9 Å². The van der Waals surface area contributed by atoms with Crippen molar-refractivity contribution >= 4 is 5.78 Å². The molecule has 0 unspecified atom stereocenters. The van der Waals surface area contributed by atoms with Gasteiger partial charge < -0.3 is 0 Å². The van der Waals surface area contributed by atoms with Crippen molar-refractivity contribution in [3.05, 3.63) is 35.4 Å². The Labute approximate surface area is 119 Å². The maximum absolute atomic E-state index is 13.6. The van der Waals surface area contributed by atoms with Crippen LogP contribution in [-0.4, -0.2) is 30.3 Å². The summed E-state index contributed by atoms with van der Waals surface area (Å²) in [6.45, 7) is 10.1. The molecule has 0 aromatic heterocycles. The smallest absolute Gasteiger partial charge is 0.179 e. The number of hydrogen-bond acceptors (Lipinski definition) is 2. The molecule has 0 fully saturated rings. The second-order valence-corrected chi connectivity index (χ2v) is 6.03. The Morgan fingerprint density at radius 3 is 2.10 bits per heavy atom. The van der Waals surface area contributed by atoms with E-state index >= 15 is 0 Å². The van der Waals surface area contributed by atoms with Gasteiger partial charge in [0.15, 0.2) is 5.78 Å². The van der Waals surface area contributed by atoms with Crippen molar-refractivity contribution in [1.29, 1.82) is 0 Å². The van der Waals surface area contributed by atoms with Gasteiger partial charge in [-0.05, 0) is 24.0 Å². The van der Waals surface area contributed by atoms with Crippen LogP contribution in [0.25, 0.3) is 0 Å². The number of ketones is 1. The quantitative estimate of drug-likeness (QED) is 0.710. The van der Waals surface area contributed by atoms with Crippen LogP contribution in [0.5, 0.6) is 0 Å². The molecule has 0 N–H and O–H groups in total. The van der Waals surface area contributed by atoms with E-state index in [2.05, 4.69) is 27.7 Å². The molecule has 0 bridgehead atoms. The molecule has 0 aliphatic heterocycles. The minimum Gasteiger partial charge on any atom is -0.295 e. The Bertz CT molecular complexity index is 448. The van der Waals surface area contributed by atoms with E-state index in [0.29, 0.717) is 11.8 Å². The molecule has 0 saturated heterocycles. The second kappa shape index (κ2) is 7.48. The number of Topliss-reactive ketones (excluding diaryl/α,β-unsaturated/α-hetero) is 1. The van der Waals surface area contributed by atoms with Crippen molar-refractivity contribution < 1.29 is 13.6 Å². The third kappa shape index (κ3) is 5.37. The average Bonchev–Trinajstić information content (AvgIpc) is 2.26. The van der Waals surface area contributed by atoms with Crippen LogP contribution in [0, 0.1) is 23.5 Å². The van der Waals surface area contributed by atoms with E-state index in [1.54, 1.807) is 0 Å². The van der Waals surface area contributed by atoms with Crippen molar-refractivity contribution in [3.8, 4) is 0 Å². The SMILES string of the molecule is CC(C)CN(CC(=O)c1ccc(F)cc1F)CC(C)C. The first kappa shape index (κ1) is 16.8. The zero-order valence-corrected chi connectivity index (χ0v) is 12.6. The summed E-state index contributed by atoms with van der Waals surface area (Å²) in [7, 11) is 0. The number of rotatable bonds is 7. The molecule has 0 heterocycles. The molecule has 1 rings (SSSR count). The van der Waals surface area contributed by atoms with Gasteiger partial charge in [0.05, 0.1) is 12.1 Å². The lowest BCUT2D eigenvalue weighted by Gasteiger charge is -2.25. The first-order valence-corrected chi connectivity index (χ1v) is 7.00. The zero-order chi connectivity index (χ0) is 15.3. The van der Waals surface area contributed by atoms with Crippen molar-refractivity contribution in [1.82, 2.24) is 4.90 Å². The summed E-state index contributed by atoms with van der Waals surface area (Å²) in [5.41, 5.74) is -0.0380. The number of benzene rings is 1. The highest BCUT2D eigenvalue weighted by atomic mass is 19.1. The monoisotopic (exact) mass is 283 g/mol. The van der Waals surface area contributed by atoms with Crippen LogP contribution in [0.1, 0.15) is 38.1 Å². The molecule has 1 aromatic rings. The molecule has 112 valence electrons. The molecule has 0 aliphatic rings. The van der Waals surface area contributed by atoms with Crippen molar-refractivity contribution in [2.24, 2.45) is 11.8 Å². The zero-order valence-electron chi connectivity index (χ0n) is 12.6. The van der Waals surface area contributed by atoms with Gasteiger partial charge in [-0.25, -0.2) is 8.78 Å². The largest absolute Gasteiger partial charge is 0.295 e. The molecule has 0 aliphatic carbocycles. The minimum absolute atomic E-state index is 0.0380. The number of halogens is 2. The van der Waals surface area contributed by atoms with Gasteiger partial charge in [-0.1, -0.05) is 27.7 Å². The molecule has 0 atom stereocenters. The van der Waals surface area contributed by atoms with Crippen LogP contribution in [0.4, 0.5) is 8.78 Å². The van der Waals surface area contributed by atoms with Crippen molar-refractivity contribution in [3.63, 3.8) is 0 Å². The molecule has 0 saturated carbocycles. The summed E-state index contributed by atoms with van der Waals surface area (Å²) >= 11 is 0. The van der Waals surface area contributed by atoms with Gasteiger partial charge in [-0.3, -0.25) is 9.69 Å². The Hall–Kier alpha value is -1.29. The highest BCUT2D eigenvalue weighted by Gasteiger charge is 2.18. The van der Waals surface area contributed by atoms with Gasteiger partial charge in [-0.2, -0.15) is 0 Å². The van der Waals surface area contributed by atoms with Crippen LogP contribution in [0.3, 0.4) is 0 Å². The fourth-order valence-electron chi connectivity index (χ4n) is 2.24. The van der Waals surface area contributed by atoms with Crippen molar-refractivity contribution in [2.45, 2.75) is 27.7 Å². The summed E-state index contributed by atoms with van der Waals surface area (Å²) in [5.74, 6) is -0.896. The molecule has 20 heavy (non-hydrogen) atoms. The molecular weight excluding hydrogens is 260 g/mol. The van der Waals surface area contributed by atoms with Crippen LogP contribution < -0.4 is 0 Å². The van der Waals surface area contributed by atoms with E-state index in [4.69, 9.17) is 0 Å². The summed E-state index contributed by atoms with van der Waals surface area (Å²) in [5, 5.41) is 0. The number of hydrogen-bond donors (Lipinski definition) is 0. The lowest BCUT2D eigenvalue weighted by molar-refractivity contribution is 0.0908. The standard InChI is InChI=1S/C16H23F2NO/c1-11(2)8-19(9-12(3)4)10-16(20)14-6-5-13(17)7-15(14)18/h5-7,11-12H,8-10H2,1-4H3. The normalized spacial score (nSPS) is 11.7. The first-order chi connectivity index (χ1) is 9.29. The Morgan fingerprint density at radius 1 is 1.10 bits per heavy atom. The molecule has 1 aromatic carbocycles. The topological polar surface area (TPSA) is 20.3 Å². The molecule has 2 nitrogen and oxygen atoms in total. The van der Waals surface area contributed by atoms with Crippen LogP contribution in [-0.2, 0) is 0 Å². The fourth-order valence-corrected chi connectivity index (χ4v) is 2.24. The van der Waals surface area contributed by atoms with Crippen molar-refractivity contribution in [2.75, 3.05) is 19.6 Å². The third-order valence-electron chi connectivity index (χ3n) is 2.85. The highest BCUT2D eigenvalue weighted by molar-refractivity contribution is 5.97. The lowest BCUT2D eigenvalue weighted by atomic mass is 10.1. The van der Waals surface area contributed by atoms with Gasteiger partial charge in [0.1, 0.15) is 11.6 Å². The summed E-state index contributed by atoms with van der Waals surface area (Å²) in [6.07, 6.45) is 0. The predicted octanol–water partition coefficient (Wildman–Crippen LogP) is 3.76. The van der Waals surface area contributed by atoms with E-state index in [9.17, 15) is 13.6 Å². The lowest BCUT2D eigenvalue weighted by Crippen LogP contribution is -2.36.